The fourth-order valence-corrected chi connectivity index (χ4v) is 5.31. The molecule has 4 rings (SSSR count). The molecule has 0 atom stereocenters. The van der Waals surface area contributed by atoms with Gasteiger partial charge in [0, 0.05) is 16.0 Å². The normalized spacial score (nSPS) is 12.3. The molecular weight excluding hydrogens is 328 g/mol. The highest BCUT2D eigenvalue weighted by Gasteiger charge is 2.36. The number of benzene rings is 1. The van der Waals surface area contributed by atoms with Crippen molar-refractivity contribution in [2.45, 2.75) is 11.1 Å². The van der Waals surface area contributed by atoms with Crippen molar-refractivity contribution in [2.75, 3.05) is 5.75 Å². The molecule has 1 aromatic carbocycles. The van der Waals surface area contributed by atoms with Gasteiger partial charge in [0.1, 0.15) is 0 Å². The lowest BCUT2D eigenvalue weighted by Gasteiger charge is -2.03. The van der Waals surface area contributed by atoms with Crippen molar-refractivity contribution in [1.29, 1.82) is 0 Å². The van der Waals surface area contributed by atoms with Gasteiger partial charge in [-0.3, -0.25) is 9.59 Å². The number of hydrogen-bond donors (Lipinski definition) is 0. The zero-order chi connectivity index (χ0) is 16.0. The maximum atomic E-state index is 12.9. The van der Waals surface area contributed by atoms with Gasteiger partial charge in [-0.2, -0.15) is 0 Å². The predicted molar refractivity (Wildman–Crippen MR) is 91.7 cm³/mol. The quantitative estimate of drug-likeness (QED) is 0.392. The Balaban J connectivity index is 1.95. The lowest BCUT2D eigenvalue weighted by molar-refractivity contribution is 0.0988. The summed E-state index contributed by atoms with van der Waals surface area (Å²) >= 11 is 3.12. The second-order valence-corrected chi connectivity index (χ2v) is 7.64. The van der Waals surface area contributed by atoms with E-state index in [9.17, 15) is 9.59 Å². The van der Waals surface area contributed by atoms with E-state index in [1.54, 1.807) is 23.9 Å². The van der Waals surface area contributed by atoms with Crippen LogP contribution in [0.5, 0.6) is 0 Å². The summed E-state index contributed by atoms with van der Waals surface area (Å²) in [5, 5.41) is 0. The van der Waals surface area contributed by atoms with E-state index in [2.05, 4.69) is 0 Å². The van der Waals surface area contributed by atoms with Gasteiger partial charge in [0.2, 0.25) is 5.78 Å². The molecule has 0 radical (unpaired) electrons. The summed E-state index contributed by atoms with van der Waals surface area (Å²) in [5.41, 5.74) is 2.63. The van der Waals surface area contributed by atoms with Crippen LogP contribution >= 0.6 is 23.1 Å². The van der Waals surface area contributed by atoms with Crippen molar-refractivity contribution in [2.24, 2.45) is 0 Å². The van der Waals surface area contributed by atoms with Crippen molar-refractivity contribution >= 4 is 34.7 Å². The maximum absolute atomic E-state index is 12.9. The van der Waals surface area contributed by atoms with Crippen LogP contribution in [0.3, 0.4) is 0 Å². The number of furan rings is 1. The first-order valence-electron chi connectivity index (χ1n) is 7.24. The summed E-state index contributed by atoms with van der Waals surface area (Å²) < 4.78 is 6.15. The minimum Gasteiger partial charge on any atom is -0.461 e. The van der Waals surface area contributed by atoms with E-state index < -0.39 is 0 Å². The fourth-order valence-electron chi connectivity index (χ4n) is 2.80. The van der Waals surface area contributed by atoms with Gasteiger partial charge in [-0.1, -0.05) is 31.2 Å². The highest BCUT2D eigenvalue weighted by atomic mass is 32.2. The van der Waals surface area contributed by atoms with Crippen molar-refractivity contribution in [3.63, 3.8) is 0 Å². The minimum atomic E-state index is -0.218. The van der Waals surface area contributed by atoms with Gasteiger partial charge in [-0.25, -0.2) is 0 Å². The van der Waals surface area contributed by atoms with Gasteiger partial charge in [0.05, 0.1) is 21.6 Å². The molecule has 0 aliphatic heterocycles. The average molecular weight is 340 g/mol. The molecule has 114 valence electrons. The molecule has 0 saturated heterocycles. The second kappa shape index (κ2) is 5.51. The number of carbonyl (C=O) groups excluding carboxylic acids is 2. The van der Waals surface area contributed by atoms with Crippen LogP contribution in [0.15, 0.2) is 51.3 Å². The summed E-state index contributed by atoms with van der Waals surface area (Å²) in [5.74, 6) is 0.829. The Morgan fingerprint density at radius 1 is 1.17 bits per heavy atom. The molecule has 0 N–H and O–H groups in total. The van der Waals surface area contributed by atoms with Crippen LogP contribution in [-0.2, 0) is 0 Å². The van der Waals surface area contributed by atoms with Gasteiger partial charge in [-0.05, 0) is 17.9 Å². The summed E-state index contributed by atoms with van der Waals surface area (Å²) in [6, 6.07) is 10.8. The van der Waals surface area contributed by atoms with E-state index in [0.29, 0.717) is 16.7 Å². The molecule has 0 bridgehead atoms. The van der Waals surface area contributed by atoms with E-state index in [-0.39, 0.29) is 17.3 Å². The fraction of sp³-hybridized carbons (Fsp3) is 0.111. The molecule has 0 fully saturated rings. The third-order valence-corrected chi connectivity index (χ3v) is 6.14. The first kappa shape index (κ1) is 14.5. The molecule has 5 heteroatoms. The molecule has 0 amide bonds. The van der Waals surface area contributed by atoms with Gasteiger partial charge >= 0.3 is 0 Å². The highest BCUT2D eigenvalue weighted by molar-refractivity contribution is 8.01. The Kier molecular flexibility index (Phi) is 3.47. The standard InChI is InChI=1S/C18H12O3S2/c1-2-22-18-14(16(20)12-8-5-9-21-12)13-15(19)10-6-3-4-7-11(10)17(13)23-18/h3-9H,2H2,1H3. The minimum absolute atomic E-state index is 0.0651. The number of hydrogen-bond acceptors (Lipinski definition) is 5. The van der Waals surface area contributed by atoms with Gasteiger partial charge in [0.15, 0.2) is 11.5 Å². The molecule has 2 heterocycles. The van der Waals surface area contributed by atoms with Gasteiger partial charge in [-0.15, -0.1) is 23.1 Å². The lowest BCUT2D eigenvalue weighted by atomic mass is 10.0. The molecular formula is C18H12O3S2. The molecule has 2 aromatic heterocycles. The predicted octanol–water partition coefficient (Wildman–Crippen LogP) is 4.90. The van der Waals surface area contributed by atoms with E-state index in [1.165, 1.54) is 17.6 Å². The summed E-state index contributed by atoms with van der Waals surface area (Å²) in [6.45, 7) is 2.03. The summed E-state index contributed by atoms with van der Waals surface area (Å²) in [6.07, 6.45) is 1.48. The molecule has 3 aromatic rings. The van der Waals surface area contributed by atoms with Crippen LogP contribution in [0.2, 0.25) is 0 Å². The second-order valence-electron chi connectivity index (χ2n) is 5.08. The summed E-state index contributed by atoms with van der Waals surface area (Å²) in [4.78, 5) is 26.6. The summed E-state index contributed by atoms with van der Waals surface area (Å²) in [7, 11) is 0. The Morgan fingerprint density at radius 2 is 1.96 bits per heavy atom. The molecule has 3 nitrogen and oxygen atoms in total. The molecule has 0 saturated carbocycles. The third-order valence-electron chi connectivity index (χ3n) is 3.77. The zero-order valence-corrected chi connectivity index (χ0v) is 13.9. The monoisotopic (exact) mass is 340 g/mol. The third kappa shape index (κ3) is 2.11. The SMILES string of the molecule is CCSc1sc2c(c1C(=O)c1ccco1)C(=O)c1ccccc1-2. The Morgan fingerprint density at radius 3 is 2.65 bits per heavy atom. The number of fused-ring (bicyclic) bond motifs is 3. The number of thioether (sulfide) groups is 1. The van der Waals surface area contributed by atoms with E-state index in [1.807, 2.05) is 31.2 Å². The van der Waals surface area contributed by atoms with Crippen LogP contribution in [0.1, 0.15) is 39.0 Å². The number of ketones is 2. The van der Waals surface area contributed by atoms with Crippen LogP contribution in [0, 0.1) is 0 Å². The van der Waals surface area contributed by atoms with Crippen LogP contribution in [0.4, 0.5) is 0 Å². The van der Waals surface area contributed by atoms with Crippen molar-refractivity contribution < 1.29 is 14.0 Å². The van der Waals surface area contributed by atoms with E-state index in [0.717, 1.165) is 20.4 Å². The Hall–Kier alpha value is -2.11. The zero-order valence-electron chi connectivity index (χ0n) is 12.3. The largest absolute Gasteiger partial charge is 0.461 e. The smallest absolute Gasteiger partial charge is 0.230 e. The average Bonchev–Trinajstić information content (AvgIpc) is 3.26. The number of thiophene rings is 1. The first-order chi connectivity index (χ1) is 11.2. The number of carbonyl (C=O) groups is 2. The first-order valence-corrected chi connectivity index (χ1v) is 9.04. The van der Waals surface area contributed by atoms with Crippen molar-refractivity contribution in [1.82, 2.24) is 0 Å². The molecule has 1 aliphatic rings. The van der Waals surface area contributed by atoms with Crippen LogP contribution in [-0.4, -0.2) is 17.3 Å². The Labute approximate surface area is 141 Å². The topological polar surface area (TPSA) is 47.3 Å². The highest BCUT2D eigenvalue weighted by Crippen LogP contribution is 2.48. The molecule has 23 heavy (non-hydrogen) atoms. The van der Waals surface area contributed by atoms with Gasteiger partial charge < -0.3 is 4.42 Å². The number of rotatable bonds is 4. The molecule has 0 spiro atoms. The van der Waals surface area contributed by atoms with Gasteiger partial charge in [0.25, 0.3) is 0 Å². The maximum Gasteiger partial charge on any atom is 0.230 e. The molecule has 0 unspecified atom stereocenters. The lowest BCUT2D eigenvalue weighted by Crippen LogP contribution is -2.07. The molecule has 1 aliphatic carbocycles. The van der Waals surface area contributed by atoms with Crippen LogP contribution < -0.4 is 0 Å². The van der Waals surface area contributed by atoms with Crippen molar-refractivity contribution in [3.05, 3.63) is 65.1 Å². The van der Waals surface area contributed by atoms with E-state index in [4.69, 9.17) is 4.42 Å². The van der Waals surface area contributed by atoms with Crippen LogP contribution in [0.25, 0.3) is 10.4 Å². The Bertz CT molecular complexity index is 920. The van der Waals surface area contributed by atoms with E-state index >= 15 is 0 Å². The van der Waals surface area contributed by atoms with Crippen molar-refractivity contribution in [3.8, 4) is 10.4 Å².